The van der Waals surface area contributed by atoms with Gasteiger partial charge in [-0.3, -0.25) is 9.97 Å². The van der Waals surface area contributed by atoms with Gasteiger partial charge in [0.05, 0.1) is 34.4 Å². The van der Waals surface area contributed by atoms with Crippen LogP contribution in [-0.4, -0.2) is 40.7 Å². The highest BCUT2D eigenvalue weighted by Gasteiger charge is 2.16. The molecule has 2 N–H and O–H groups in total. The van der Waals surface area contributed by atoms with Crippen molar-refractivity contribution >= 4 is 34.4 Å². The Bertz CT molecular complexity index is 1220. The lowest BCUT2D eigenvalue weighted by Crippen LogP contribution is -1.95. The van der Waals surface area contributed by atoms with Gasteiger partial charge in [-0.15, -0.1) is 5.10 Å². The lowest BCUT2D eigenvalue weighted by atomic mass is 10.0. The van der Waals surface area contributed by atoms with Gasteiger partial charge in [0.25, 0.3) is 0 Å². The molecule has 148 valence electrons. The van der Waals surface area contributed by atoms with Gasteiger partial charge in [0.15, 0.2) is 11.7 Å². The van der Waals surface area contributed by atoms with Gasteiger partial charge in [-0.25, -0.2) is 9.08 Å². The predicted octanol–water partition coefficient (Wildman–Crippen LogP) is 4.80. The van der Waals surface area contributed by atoms with Crippen molar-refractivity contribution in [3.05, 3.63) is 53.6 Å². The minimum Gasteiger partial charge on any atom is -0.494 e. The maximum absolute atomic E-state index is 10.5. The van der Waals surface area contributed by atoms with E-state index in [0.717, 1.165) is 39.2 Å². The molecular weight excluding hydrogens is 384 g/mol. The Balaban J connectivity index is 1.80. The molecule has 0 aliphatic rings. The zero-order valence-corrected chi connectivity index (χ0v) is 17.6. The summed E-state index contributed by atoms with van der Waals surface area (Å²) in [5, 5.41) is 15.9. The standard InChI is InChI=1S/C21H22N6OS/c1-5-29-27-13(3)8-19(26-27)24-14(4)20-15-9-17(16-10-22-7-6-12(16)2)23-11-18(15)25-21(20)28/h6-11,25,28H,5H2,1-4H3. The molecule has 0 radical (unpaired) electrons. The van der Waals surface area contributed by atoms with Gasteiger partial charge < -0.3 is 10.1 Å². The van der Waals surface area contributed by atoms with E-state index in [9.17, 15) is 5.11 Å². The second-order valence-electron chi connectivity index (χ2n) is 6.79. The van der Waals surface area contributed by atoms with Crippen LogP contribution in [0.3, 0.4) is 0 Å². The number of pyridine rings is 2. The molecule has 0 fully saturated rings. The quantitative estimate of drug-likeness (QED) is 0.465. The SMILES string of the molecule is CCSn1nc(N=C(C)c2c(O)[nH]c3cnc(-c4cnccc4C)cc23)cc1C. The summed E-state index contributed by atoms with van der Waals surface area (Å²) in [6.45, 7) is 7.98. The minimum atomic E-state index is 0.0715. The maximum atomic E-state index is 10.5. The molecule has 0 saturated carbocycles. The third-order valence-corrected chi connectivity index (χ3v) is 5.58. The van der Waals surface area contributed by atoms with Gasteiger partial charge in [0.1, 0.15) is 0 Å². The summed E-state index contributed by atoms with van der Waals surface area (Å²) in [4.78, 5) is 16.4. The topological polar surface area (TPSA) is 92.0 Å². The Labute approximate surface area is 173 Å². The highest BCUT2D eigenvalue weighted by molar-refractivity contribution is 7.97. The highest BCUT2D eigenvalue weighted by atomic mass is 32.2. The van der Waals surface area contributed by atoms with E-state index in [1.165, 1.54) is 0 Å². The van der Waals surface area contributed by atoms with Crippen molar-refractivity contribution in [3.8, 4) is 17.1 Å². The Hall–Kier alpha value is -3.13. The number of nitrogens with one attached hydrogen (secondary N) is 1. The first kappa shape index (κ1) is 19.2. The van der Waals surface area contributed by atoms with E-state index in [4.69, 9.17) is 0 Å². The Morgan fingerprint density at radius 1 is 1.28 bits per heavy atom. The van der Waals surface area contributed by atoms with Crippen molar-refractivity contribution < 1.29 is 5.11 Å². The smallest absolute Gasteiger partial charge is 0.198 e. The summed E-state index contributed by atoms with van der Waals surface area (Å²) in [5.41, 5.74) is 5.97. The fourth-order valence-corrected chi connectivity index (χ4v) is 3.95. The van der Waals surface area contributed by atoms with Crippen LogP contribution in [-0.2, 0) is 0 Å². The number of rotatable bonds is 5. The van der Waals surface area contributed by atoms with Crippen molar-refractivity contribution in [2.75, 3.05) is 5.75 Å². The van der Waals surface area contributed by atoms with E-state index in [0.29, 0.717) is 17.1 Å². The summed E-state index contributed by atoms with van der Waals surface area (Å²) in [6.07, 6.45) is 5.29. The van der Waals surface area contributed by atoms with Gasteiger partial charge in [0, 0.05) is 35.2 Å². The number of fused-ring (bicyclic) bond motifs is 1. The summed E-state index contributed by atoms with van der Waals surface area (Å²) < 4.78 is 1.87. The van der Waals surface area contributed by atoms with Crippen LogP contribution in [0.4, 0.5) is 5.82 Å². The average Bonchev–Trinajstić information content (AvgIpc) is 3.20. The molecule has 0 aliphatic carbocycles. The van der Waals surface area contributed by atoms with Crippen LogP contribution in [0.25, 0.3) is 22.2 Å². The van der Waals surface area contributed by atoms with E-state index in [1.54, 1.807) is 30.5 Å². The molecule has 0 unspecified atom stereocenters. The van der Waals surface area contributed by atoms with Crippen molar-refractivity contribution in [2.45, 2.75) is 27.7 Å². The van der Waals surface area contributed by atoms with Crippen LogP contribution >= 0.6 is 11.9 Å². The number of aliphatic imine (C=N–C) groups is 1. The van der Waals surface area contributed by atoms with Gasteiger partial charge in [-0.05, 0) is 50.4 Å². The molecule has 29 heavy (non-hydrogen) atoms. The normalized spacial score (nSPS) is 12.1. The molecule has 0 aliphatic heterocycles. The van der Waals surface area contributed by atoms with Gasteiger partial charge in [-0.1, -0.05) is 6.92 Å². The van der Waals surface area contributed by atoms with Crippen LogP contribution in [0.15, 0.2) is 41.8 Å². The first-order valence-corrected chi connectivity index (χ1v) is 10.3. The molecule has 0 bridgehead atoms. The van der Waals surface area contributed by atoms with E-state index in [1.807, 2.05) is 43.1 Å². The van der Waals surface area contributed by atoms with Gasteiger partial charge in [0.2, 0.25) is 0 Å². The highest BCUT2D eigenvalue weighted by Crippen LogP contribution is 2.32. The summed E-state index contributed by atoms with van der Waals surface area (Å²) in [6, 6.07) is 5.85. The molecule has 4 aromatic rings. The minimum absolute atomic E-state index is 0.0715. The van der Waals surface area contributed by atoms with Gasteiger partial charge in [-0.2, -0.15) is 0 Å². The summed E-state index contributed by atoms with van der Waals surface area (Å²) >= 11 is 1.62. The Kier molecular flexibility index (Phi) is 5.10. The number of hydrogen-bond acceptors (Lipinski definition) is 6. The Morgan fingerprint density at radius 2 is 2.10 bits per heavy atom. The first-order chi connectivity index (χ1) is 14.0. The number of aromatic amines is 1. The van der Waals surface area contributed by atoms with E-state index >= 15 is 0 Å². The number of aromatic hydroxyl groups is 1. The number of nitrogens with zero attached hydrogens (tertiary/aromatic N) is 5. The number of aromatic nitrogens is 5. The molecule has 0 spiro atoms. The zero-order chi connectivity index (χ0) is 20.5. The molecule has 0 saturated heterocycles. The lowest BCUT2D eigenvalue weighted by molar-refractivity contribution is 0.457. The first-order valence-electron chi connectivity index (χ1n) is 9.35. The second kappa shape index (κ2) is 7.71. The fraction of sp³-hybridized carbons (Fsp3) is 0.238. The third kappa shape index (κ3) is 3.63. The number of aryl methyl sites for hydroxylation is 2. The molecule has 0 atom stereocenters. The van der Waals surface area contributed by atoms with Crippen LogP contribution in [0.1, 0.15) is 30.7 Å². The van der Waals surface area contributed by atoms with E-state index in [-0.39, 0.29) is 5.88 Å². The van der Waals surface area contributed by atoms with Crippen LogP contribution in [0.5, 0.6) is 5.88 Å². The average molecular weight is 407 g/mol. The van der Waals surface area contributed by atoms with Gasteiger partial charge >= 0.3 is 0 Å². The van der Waals surface area contributed by atoms with Crippen LogP contribution < -0.4 is 0 Å². The van der Waals surface area contributed by atoms with Crippen molar-refractivity contribution in [1.29, 1.82) is 0 Å². The lowest BCUT2D eigenvalue weighted by Gasteiger charge is -2.05. The van der Waals surface area contributed by atoms with Crippen molar-refractivity contribution in [2.24, 2.45) is 4.99 Å². The third-order valence-electron chi connectivity index (χ3n) is 4.71. The van der Waals surface area contributed by atoms with Crippen LogP contribution in [0, 0.1) is 13.8 Å². The zero-order valence-electron chi connectivity index (χ0n) is 16.8. The molecule has 4 aromatic heterocycles. The monoisotopic (exact) mass is 406 g/mol. The van der Waals surface area contributed by atoms with E-state index < -0.39 is 0 Å². The molecule has 4 heterocycles. The molecule has 8 heteroatoms. The van der Waals surface area contributed by atoms with Crippen molar-refractivity contribution in [1.82, 2.24) is 24.1 Å². The van der Waals surface area contributed by atoms with E-state index in [2.05, 4.69) is 32.0 Å². The number of H-pyrrole nitrogens is 1. The fourth-order valence-electron chi connectivity index (χ4n) is 3.30. The largest absolute Gasteiger partial charge is 0.494 e. The summed E-state index contributed by atoms with van der Waals surface area (Å²) in [7, 11) is 0. The molecule has 0 amide bonds. The molecule has 4 rings (SSSR count). The predicted molar refractivity (Wildman–Crippen MR) is 118 cm³/mol. The van der Waals surface area contributed by atoms with Crippen LogP contribution in [0.2, 0.25) is 0 Å². The molecule has 0 aromatic carbocycles. The molecular formula is C21H22N6OS. The van der Waals surface area contributed by atoms with Crippen molar-refractivity contribution in [3.63, 3.8) is 0 Å². The second-order valence-corrected chi connectivity index (χ2v) is 7.97. The maximum Gasteiger partial charge on any atom is 0.198 e. The summed E-state index contributed by atoms with van der Waals surface area (Å²) in [5.74, 6) is 1.62. The molecule has 7 nitrogen and oxygen atoms in total. The Morgan fingerprint density at radius 3 is 2.86 bits per heavy atom. The number of hydrogen-bond donors (Lipinski definition) is 2.